The molecule has 2 atom stereocenters. The van der Waals surface area contributed by atoms with Crippen LogP contribution in [0.2, 0.25) is 0 Å². The first-order chi connectivity index (χ1) is 21.0. The van der Waals surface area contributed by atoms with Gasteiger partial charge in [-0.25, -0.2) is 0 Å². The van der Waals surface area contributed by atoms with Crippen molar-refractivity contribution in [1.82, 2.24) is 10.6 Å². The highest BCUT2D eigenvalue weighted by Gasteiger charge is 2.55. The highest BCUT2D eigenvalue weighted by molar-refractivity contribution is 5.76. The molecule has 2 amide bonds. The molecule has 4 N–H and O–H groups in total. The molecule has 2 unspecified atom stereocenters. The van der Waals surface area contributed by atoms with Gasteiger partial charge in [0.1, 0.15) is 0 Å². The van der Waals surface area contributed by atoms with Gasteiger partial charge in [0.15, 0.2) is 0 Å². The highest BCUT2D eigenvalue weighted by atomic mass is 16.3. The summed E-state index contributed by atoms with van der Waals surface area (Å²) in [6.07, 6.45) is 17.1. The molecule has 0 radical (unpaired) electrons. The van der Waals surface area contributed by atoms with Crippen molar-refractivity contribution < 1.29 is 19.8 Å². The number of amides is 2. The number of unbranched alkanes of at least 4 members (excludes halogenated alkanes) is 3. The Morgan fingerprint density at radius 1 is 0.587 bits per heavy atom. The summed E-state index contributed by atoms with van der Waals surface area (Å²) >= 11 is 0. The van der Waals surface area contributed by atoms with E-state index < -0.39 is 23.0 Å². The third-order valence-electron chi connectivity index (χ3n) is 10.7. The number of hydrogen-bond acceptors (Lipinski definition) is 4. The van der Waals surface area contributed by atoms with E-state index in [2.05, 4.69) is 106 Å². The minimum atomic E-state index is -0.561. The minimum Gasteiger partial charge on any atom is -0.388 e. The van der Waals surface area contributed by atoms with Crippen molar-refractivity contribution in [2.45, 2.75) is 147 Å². The lowest BCUT2D eigenvalue weighted by Crippen LogP contribution is -2.53. The molecule has 2 rings (SSSR count). The molecule has 0 fully saturated rings. The summed E-state index contributed by atoms with van der Waals surface area (Å²) in [5, 5.41) is 28.2. The largest absolute Gasteiger partial charge is 0.388 e. The van der Waals surface area contributed by atoms with Crippen LogP contribution in [0.1, 0.15) is 134 Å². The molecule has 0 saturated heterocycles. The van der Waals surface area contributed by atoms with E-state index in [1.54, 1.807) is 0 Å². The maximum Gasteiger partial charge on any atom is 0.220 e. The zero-order valence-corrected chi connectivity index (χ0v) is 31.4. The maximum atomic E-state index is 12.6. The van der Waals surface area contributed by atoms with Crippen molar-refractivity contribution in [3.8, 4) is 0 Å². The van der Waals surface area contributed by atoms with Crippen molar-refractivity contribution in [2.75, 3.05) is 13.1 Å². The molecule has 6 heteroatoms. The number of carbonyl (C=O) groups is 2. The molecule has 2 aliphatic carbocycles. The number of rotatable bonds is 13. The third-order valence-corrected chi connectivity index (χ3v) is 10.7. The van der Waals surface area contributed by atoms with E-state index in [4.69, 9.17) is 0 Å². The summed E-state index contributed by atoms with van der Waals surface area (Å²) in [7, 11) is 0. The Morgan fingerprint density at radius 3 is 1.17 bits per heavy atom. The number of nitrogens with one attached hydrogen (secondary N) is 2. The smallest absolute Gasteiger partial charge is 0.220 e. The van der Waals surface area contributed by atoms with Gasteiger partial charge in [-0.05, 0) is 47.3 Å². The number of carbonyl (C=O) groups excluding carboxylic acids is 2. The van der Waals surface area contributed by atoms with Crippen LogP contribution >= 0.6 is 0 Å². The fourth-order valence-corrected chi connectivity index (χ4v) is 8.54. The van der Waals surface area contributed by atoms with Crippen molar-refractivity contribution in [1.29, 1.82) is 0 Å². The summed E-state index contributed by atoms with van der Waals surface area (Å²) < 4.78 is 0. The van der Waals surface area contributed by atoms with Crippen molar-refractivity contribution in [2.24, 2.45) is 32.5 Å². The fourth-order valence-electron chi connectivity index (χ4n) is 8.54. The lowest BCUT2D eigenvalue weighted by molar-refractivity contribution is -0.121. The first kappa shape index (κ1) is 40.0. The van der Waals surface area contributed by atoms with E-state index in [1.165, 1.54) is 0 Å². The van der Waals surface area contributed by atoms with Gasteiger partial charge in [0.25, 0.3) is 0 Å². The summed E-state index contributed by atoms with van der Waals surface area (Å²) in [6.45, 7) is 27.5. The maximum absolute atomic E-state index is 12.6. The normalized spacial score (nSPS) is 21.4. The predicted octanol–water partition coefficient (Wildman–Crippen LogP) is 8.21. The zero-order chi connectivity index (χ0) is 35.2. The molecule has 46 heavy (non-hydrogen) atoms. The first-order valence-electron chi connectivity index (χ1n) is 17.7. The van der Waals surface area contributed by atoms with E-state index in [0.29, 0.717) is 38.8 Å². The number of aliphatic hydroxyl groups excluding tert-OH is 2. The van der Waals surface area contributed by atoms with Gasteiger partial charge in [-0.1, -0.05) is 144 Å². The summed E-state index contributed by atoms with van der Waals surface area (Å²) in [5.74, 6) is 0.119. The van der Waals surface area contributed by atoms with Crippen LogP contribution in [0, 0.1) is 32.5 Å². The Kier molecular flexibility index (Phi) is 13.4. The Hall–Kier alpha value is -2.18. The first-order valence-corrected chi connectivity index (χ1v) is 17.7. The number of hydrogen-bond donors (Lipinski definition) is 4. The molecule has 0 spiro atoms. The van der Waals surface area contributed by atoms with Gasteiger partial charge in [0, 0.05) is 36.8 Å². The Labute approximate surface area is 281 Å². The van der Waals surface area contributed by atoms with E-state index in [1.807, 2.05) is 24.3 Å². The molecule has 0 bridgehead atoms. The molecule has 0 aromatic rings. The van der Waals surface area contributed by atoms with Crippen LogP contribution in [0.5, 0.6) is 0 Å². The Balaban J connectivity index is 1.68. The second kappa shape index (κ2) is 15.4. The molecule has 0 aliphatic heterocycles. The monoisotopic (exact) mass is 641 g/mol. The van der Waals surface area contributed by atoms with Crippen molar-refractivity contribution >= 4 is 11.8 Å². The van der Waals surface area contributed by atoms with Crippen LogP contribution < -0.4 is 10.6 Å². The van der Waals surface area contributed by atoms with Gasteiger partial charge in [-0.3, -0.25) is 9.59 Å². The fraction of sp³-hybridized carbons (Fsp3) is 0.750. The van der Waals surface area contributed by atoms with E-state index in [-0.39, 0.29) is 33.5 Å². The summed E-state index contributed by atoms with van der Waals surface area (Å²) in [5.41, 5.74) is 0.809. The van der Waals surface area contributed by atoms with Crippen LogP contribution in [0.25, 0.3) is 0 Å². The molecule has 0 heterocycles. The molecule has 0 saturated carbocycles. The molecule has 262 valence electrons. The zero-order valence-electron chi connectivity index (χ0n) is 31.4. The predicted molar refractivity (Wildman–Crippen MR) is 192 cm³/mol. The molecule has 0 aromatic carbocycles. The van der Waals surface area contributed by atoms with Crippen LogP contribution in [0.3, 0.4) is 0 Å². The van der Waals surface area contributed by atoms with Gasteiger partial charge >= 0.3 is 0 Å². The molecule has 2 aliphatic rings. The van der Waals surface area contributed by atoms with Crippen molar-refractivity contribution in [3.05, 3.63) is 47.6 Å². The SMILES string of the molecule is CC(C)(C)C1(C(C)(C)C)C=C(CCC(=O)NCCCCCCNC(=O)CCC2=CC(C(C)(C)C)(C(C)(C)C)C(O)C=C2)C=CC1O. The van der Waals surface area contributed by atoms with Crippen LogP contribution in [0.4, 0.5) is 0 Å². The topological polar surface area (TPSA) is 98.7 Å². The average Bonchev–Trinajstić information content (AvgIpc) is 2.90. The van der Waals surface area contributed by atoms with Gasteiger partial charge in [-0.15, -0.1) is 0 Å². The van der Waals surface area contributed by atoms with Gasteiger partial charge in [-0.2, -0.15) is 0 Å². The van der Waals surface area contributed by atoms with Crippen LogP contribution in [-0.2, 0) is 9.59 Å². The lowest BCUT2D eigenvalue weighted by Gasteiger charge is -2.55. The Morgan fingerprint density at radius 2 is 0.891 bits per heavy atom. The molecular formula is C40H68N2O4. The van der Waals surface area contributed by atoms with E-state index >= 15 is 0 Å². The summed E-state index contributed by atoms with van der Waals surface area (Å²) in [4.78, 5) is 25.1. The van der Waals surface area contributed by atoms with Gasteiger partial charge in [0.05, 0.1) is 12.2 Å². The van der Waals surface area contributed by atoms with E-state index in [0.717, 1.165) is 36.8 Å². The quantitative estimate of drug-likeness (QED) is 0.153. The lowest BCUT2D eigenvalue weighted by atomic mass is 9.50. The van der Waals surface area contributed by atoms with Crippen LogP contribution in [-0.4, -0.2) is 47.3 Å². The third kappa shape index (κ3) is 9.24. The second-order valence-corrected chi connectivity index (χ2v) is 17.9. The Bertz CT molecular complexity index is 1040. The second-order valence-electron chi connectivity index (χ2n) is 17.9. The standard InChI is InChI=1S/C40H68N2O4/c1-35(2,3)39(36(4,5)6)27-29(17-21-31(39)43)19-23-33(45)41-25-15-13-14-16-26-42-34(46)24-20-30-18-22-32(44)40(28-30,37(7,8)9)38(10,11)12/h17-18,21-22,27-28,31-32,43-44H,13-16,19-20,23-26H2,1-12H3,(H,41,45)(H,42,46). The van der Waals surface area contributed by atoms with Gasteiger partial charge < -0.3 is 20.8 Å². The van der Waals surface area contributed by atoms with Crippen LogP contribution in [0.15, 0.2) is 47.6 Å². The van der Waals surface area contributed by atoms with E-state index in [9.17, 15) is 19.8 Å². The molecule has 0 aromatic heterocycles. The number of allylic oxidation sites excluding steroid dienone is 4. The highest BCUT2D eigenvalue weighted by Crippen LogP contribution is 2.58. The molecular weight excluding hydrogens is 572 g/mol. The average molecular weight is 641 g/mol. The molecule has 6 nitrogen and oxygen atoms in total. The summed E-state index contributed by atoms with van der Waals surface area (Å²) in [6, 6.07) is 0. The minimum absolute atomic E-state index is 0.0597. The van der Waals surface area contributed by atoms with Gasteiger partial charge in [0.2, 0.25) is 11.8 Å². The number of aliphatic hydroxyl groups is 2. The van der Waals surface area contributed by atoms with Crippen molar-refractivity contribution in [3.63, 3.8) is 0 Å².